The summed E-state index contributed by atoms with van der Waals surface area (Å²) >= 11 is 1.02. The van der Waals surface area contributed by atoms with Crippen LogP contribution in [0.1, 0.15) is 0 Å². The summed E-state index contributed by atoms with van der Waals surface area (Å²) in [6.07, 6.45) is 0. The molecule has 3 aromatic rings. The Bertz CT molecular complexity index is 891. The van der Waals surface area contributed by atoms with Crippen molar-refractivity contribution in [1.29, 1.82) is 0 Å². The van der Waals surface area contributed by atoms with Gasteiger partial charge in [0.15, 0.2) is 17.4 Å². The number of thiophene rings is 1. The third-order valence-corrected chi connectivity index (χ3v) is 4.81. The monoisotopic (exact) mass is 368 g/mol. The first-order chi connectivity index (χ1) is 12.0. The zero-order valence-electron chi connectivity index (χ0n) is 13.2. The van der Waals surface area contributed by atoms with E-state index in [1.165, 1.54) is 13.2 Å². The van der Waals surface area contributed by atoms with E-state index in [2.05, 4.69) is 4.74 Å². The number of rotatable bonds is 4. The smallest absolute Gasteiger partial charge is 0.204 e. The second-order valence-electron chi connectivity index (χ2n) is 5.06. The summed E-state index contributed by atoms with van der Waals surface area (Å²) in [7, 11) is 2.48. The van der Waals surface area contributed by atoms with Gasteiger partial charge in [-0.1, -0.05) is 0 Å². The molecule has 25 heavy (non-hydrogen) atoms. The van der Waals surface area contributed by atoms with Gasteiger partial charge in [-0.25, -0.2) is 8.78 Å². The molecule has 2 nitrogen and oxygen atoms in total. The second-order valence-corrected chi connectivity index (χ2v) is 6.14. The van der Waals surface area contributed by atoms with Crippen LogP contribution in [0.2, 0.25) is 0 Å². The molecule has 1 heterocycles. The van der Waals surface area contributed by atoms with Gasteiger partial charge in [-0.15, -0.1) is 11.3 Å². The first-order valence-electron chi connectivity index (χ1n) is 7.12. The normalized spacial score (nSPS) is 10.8. The molecule has 0 atom stereocenters. The van der Waals surface area contributed by atoms with Crippen molar-refractivity contribution in [3.63, 3.8) is 0 Å². The van der Waals surface area contributed by atoms with Crippen molar-refractivity contribution in [3.8, 4) is 32.4 Å². The summed E-state index contributed by atoms with van der Waals surface area (Å²) in [6, 6.07) is 10.1. The van der Waals surface area contributed by atoms with Crippen LogP contribution < -0.4 is 9.47 Å². The van der Waals surface area contributed by atoms with E-state index < -0.39 is 34.6 Å². The molecule has 0 aliphatic rings. The quantitative estimate of drug-likeness (QED) is 0.437. The fourth-order valence-electron chi connectivity index (χ4n) is 2.39. The largest absolute Gasteiger partial charge is 0.497 e. The maximum absolute atomic E-state index is 14.2. The molecule has 0 unspecified atom stereocenters. The van der Waals surface area contributed by atoms with E-state index >= 15 is 0 Å². The van der Waals surface area contributed by atoms with Gasteiger partial charge in [0.1, 0.15) is 5.75 Å². The van der Waals surface area contributed by atoms with Gasteiger partial charge in [0.05, 0.1) is 19.8 Å². The highest BCUT2D eigenvalue weighted by Crippen LogP contribution is 2.41. The fourth-order valence-corrected chi connectivity index (χ4v) is 3.43. The summed E-state index contributed by atoms with van der Waals surface area (Å²) in [4.78, 5) is 0.759. The third kappa shape index (κ3) is 2.95. The predicted octanol–water partition coefficient (Wildman–Crippen LogP) is 5.66. The van der Waals surface area contributed by atoms with Crippen molar-refractivity contribution >= 4 is 11.3 Å². The molecule has 0 N–H and O–H groups in total. The van der Waals surface area contributed by atoms with Crippen LogP contribution >= 0.6 is 11.3 Å². The van der Waals surface area contributed by atoms with Gasteiger partial charge in [0.2, 0.25) is 11.6 Å². The lowest BCUT2D eigenvalue weighted by Crippen LogP contribution is -2.03. The van der Waals surface area contributed by atoms with E-state index in [-0.39, 0.29) is 4.88 Å². The molecule has 130 valence electrons. The molecule has 0 spiro atoms. The number of methoxy groups -OCH3 is 2. The van der Waals surface area contributed by atoms with Gasteiger partial charge in [-0.2, -0.15) is 8.78 Å². The Hall–Kier alpha value is -2.54. The van der Waals surface area contributed by atoms with Crippen LogP contribution in [0.5, 0.6) is 11.5 Å². The standard InChI is InChI=1S/C18H12F4O2S/c1-23-10-5-3-9(4-6-10)11-7-8-12(25-11)13-14(19)16(21)18(24-2)17(22)15(13)20/h3-8H,1-2H3. The zero-order valence-corrected chi connectivity index (χ0v) is 14.0. The summed E-state index contributed by atoms with van der Waals surface area (Å²) in [5.41, 5.74) is 0.0351. The molecular weight excluding hydrogens is 356 g/mol. The molecule has 0 radical (unpaired) electrons. The van der Waals surface area contributed by atoms with Crippen LogP contribution in [0.3, 0.4) is 0 Å². The Balaban J connectivity index is 2.08. The topological polar surface area (TPSA) is 18.5 Å². The molecule has 3 rings (SSSR count). The van der Waals surface area contributed by atoms with Gasteiger partial charge < -0.3 is 9.47 Å². The van der Waals surface area contributed by atoms with Crippen molar-refractivity contribution in [3.05, 3.63) is 59.7 Å². The van der Waals surface area contributed by atoms with Crippen molar-refractivity contribution in [2.45, 2.75) is 0 Å². The molecular formula is C18H12F4O2S. The minimum Gasteiger partial charge on any atom is -0.497 e. The molecule has 0 bridgehead atoms. The second kappa shape index (κ2) is 6.76. The van der Waals surface area contributed by atoms with E-state index in [4.69, 9.17) is 4.74 Å². The Labute approximate surface area is 145 Å². The van der Waals surface area contributed by atoms with Gasteiger partial charge in [0, 0.05) is 9.75 Å². The van der Waals surface area contributed by atoms with Gasteiger partial charge >= 0.3 is 0 Å². The zero-order chi connectivity index (χ0) is 18.1. The minimum atomic E-state index is -1.56. The van der Waals surface area contributed by atoms with Crippen molar-refractivity contribution in [2.24, 2.45) is 0 Å². The van der Waals surface area contributed by atoms with Crippen molar-refractivity contribution in [1.82, 2.24) is 0 Å². The Morgan fingerprint density at radius 2 is 1.24 bits per heavy atom. The lowest BCUT2D eigenvalue weighted by atomic mass is 10.1. The van der Waals surface area contributed by atoms with Crippen molar-refractivity contribution < 1.29 is 27.0 Å². The van der Waals surface area contributed by atoms with Crippen LogP contribution in [-0.2, 0) is 0 Å². The van der Waals surface area contributed by atoms with Gasteiger partial charge in [0.25, 0.3) is 0 Å². The van der Waals surface area contributed by atoms with Crippen LogP contribution in [0.15, 0.2) is 36.4 Å². The lowest BCUT2D eigenvalue weighted by Gasteiger charge is -2.09. The fraction of sp³-hybridized carbons (Fsp3) is 0.111. The number of halogens is 4. The third-order valence-electron chi connectivity index (χ3n) is 3.65. The Kier molecular flexibility index (Phi) is 4.67. The summed E-state index contributed by atoms with van der Waals surface area (Å²) < 4.78 is 65.7. The molecule has 0 aliphatic heterocycles. The highest BCUT2D eigenvalue weighted by molar-refractivity contribution is 7.18. The van der Waals surface area contributed by atoms with Crippen LogP contribution in [0.25, 0.3) is 20.9 Å². The highest BCUT2D eigenvalue weighted by atomic mass is 32.1. The van der Waals surface area contributed by atoms with E-state index in [0.29, 0.717) is 10.6 Å². The number of hydrogen-bond donors (Lipinski definition) is 0. The molecule has 1 aromatic heterocycles. The summed E-state index contributed by atoms with van der Waals surface area (Å²) in [5.74, 6) is -6.51. The summed E-state index contributed by atoms with van der Waals surface area (Å²) in [5, 5.41) is 0. The maximum atomic E-state index is 14.2. The van der Waals surface area contributed by atoms with Crippen LogP contribution in [0.4, 0.5) is 17.6 Å². The summed E-state index contributed by atoms with van der Waals surface area (Å²) in [6.45, 7) is 0. The molecule has 0 aliphatic carbocycles. The Morgan fingerprint density at radius 3 is 1.76 bits per heavy atom. The van der Waals surface area contributed by atoms with Crippen molar-refractivity contribution in [2.75, 3.05) is 14.2 Å². The molecule has 7 heteroatoms. The molecule has 0 fully saturated rings. The van der Waals surface area contributed by atoms with E-state index in [9.17, 15) is 17.6 Å². The van der Waals surface area contributed by atoms with Gasteiger partial charge in [-0.3, -0.25) is 0 Å². The predicted molar refractivity (Wildman–Crippen MR) is 88.1 cm³/mol. The maximum Gasteiger partial charge on any atom is 0.204 e. The SMILES string of the molecule is COc1ccc(-c2ccc(-c3c(F)c(F)c(OC)c(F)c3F)s2)cc1. The minimum absolute atomic E-state index is 0.0706. The average molecular weight is 368 g/mol. The molecule has 0 saturated heterocycles. The molecule has 0 amide bonds. The van der Waals surface area contributed by atoms with E-state index in [1.807, 2.05) is 0 Å². The first-order valence-corrected chi connectivity index (χ1v) is 7.94. The van der Waals surface area contributed by atoms with E-state index in [1.54, 1.807) is 30.3 Å². The van der Waals surface area contributed by atoms with Gasteiger partial charge in [-0.05, 0) is 42.0 Å². The van der Waals surface area contributed by atoms with Crippen LogP contribution in [-0.4, -0.2) is 14.2 Å². The Morgan fingerprint density at radius 1 is 0.680 bits per heavy atom. The molecule has 2 aromatic carbocycles. The lowest BCUT2D eigenvalue weighted by molar-refractivity contribution is 0.334. The first kappa shape index (κ1) is 17.3. The van der Waals surface area contributed by atoms with E-state index in [0.717, 1.165) is 24.0 Å². The average Bonchev–Trinajstić information content (AvgIpc) is 3.10. The highest BCUT2D eigenvalue weighted by Gasteiger charge is 2.27. The number of ether oxygens (including phenoxy) is 2. The number of hydrogen-bond acceptors (Lipinski definition) is 3. The molecule has 0 saturated carbocycles. The number of benzene rings is 2. The van der Waals surface area contributed by atoms with Crippen LogP contribution in [0, 0.1) is 23.3 Å².